The Bertz CT molecular complexity index is 405. The zero-order valence-corrected chi connectivity index (χ0v) is 11.9. The van der Waals surface area contributed by atoms with Crippen LogP contribution in [-0.2, 0) is 10.2 Å². The fourth-order valence-corrected chi connectivity index (χ4v) is 1.72. The van der Waals surface area contributed by atoms with E-state index in [0.29, 0.717) is 0 Å². The molecule has 0 unspecified atom stereocenters. The number of para-hydroxylation sites is 1. The third-order valence-corrected chi connectivity index (χ3v) is 2.50. The molecule has 0 atom stereocenters. The van der Waals surface area contributed by atoms with Crippen molar-refractivity contribution >= 4 is 5.91 Å². The van der Waals surface area contributed by atoms with Crippen LogP contribution in [0.5, 0.6) is 5.75 Å². The maximum atomic E-state index is 11.6. The first-order valence-electron chi connectivity index (χ1n) is 6.32. The molecule has 0 spiro atoms. The van der Waals surface area contributed by atoms with E-state index >= 15 is 0 Å². The van der Waals surface area contributed by atoms with Crippen molar-refractivity contribution in [1.82, 2.24) is 5.32 Å². The van der Waals surface area contributed by atoms with Gasteiger partial charge in [-0.25, -0.2) is 0 Å². The summed E-state index contributed by atoms with van der Waals surface area (Å²) >= 11 is 0. The van der Waals surface area contributed by atoms with E-state index in [1.807, 2.05) is 38.1 Å². The maximum absolute atomic E-state index is 11.6. The van der Waals surface area contributed by atoms with Crippen LogP contribution in [0.4, 0.5) is 0 Å². The number of carbonyl (C=O) groups excluding carboxylic acids is 1. The number of amides is 1. The Hall–Kier alpha value is -1.51. The van der Waals surface area contributed by atoms with E-state index in [-0.39, 0.29) is 24.0 Å². The van der Waals surface area contributed by atoms with Gasteiger partial charge in [-0.15, -0.1) is 0 Å². The molecular formula is C15H23NO2. The zero-order valence-electron chi connectivity index (χ0n) is 11.9. The third-order valence-electron chi connectivity index (χ3n) is 2.50. The third kappa shape index (κ3) is 4.40. The van der Waals surface area contributed by atoms with Crippen molar-refractivity contribution in [2.45, 2.75) is 46.1 Å². The highest BCUT2D eigenvalue weighted by molar-refractivity contribution is 5.77. The van der Waals surface area contributed by atoms with Crippen LogP contribution in [-0.4, -0.2) is 18.6 Å². The van der Waals surface area contributed by atoms with Crippen molar-refractivity contribution in [3.05, 3.63) is 29.8 Å². The summed E-state index contributed by atoms with van der Waals surface area (Å²) in [4.78, 5) is 11.6. The van der Waals surface area contributed by atoms with Crippen molar-refractivity contribution in [3.63, 3.8) is 0 Å². The molecule has 0 heterocycles. The number of benzene rings is 1. The molecule has 3 heteroatoms. The van der Waals surface area contributed by atoms with Gasteiger partial charge in [0.05, 0.1) is 0 Å². The second-order valence-corrected chi connectivity index (χ2v) is 5.76. The van der Waals surface area contributed by atoms with Gasteiger partial charge < -0.3 is 10.1 Å². The van der Waals surface area contributed by atoms with Crippen LogP contribution in [0.2, 0.25) is 0 Å². The fourth-order valence-electron chi connectivity index (χ4n) is 1.72. The van der Waals surface area contributed by atoms with Crippen LogP contribution >= 0.6 is 0 Å². The molecule has 0 saturated heterocycles. The first kappa shape index (κ1) is 14.6. The summed E-state index contributed by atoms with van der Waals surface area (Å²) in [5.74, 6) is 0.692. The number of hydrogen-bond donors (Lipinski definition) is 1. The van der Waals surface area contributed by atoms with Gasteiger partial charge in [0.1, 0.15) is 5.75 Å². The van der Waals surface area contributed by atoms with Gasteiger partial charge in [-0.2, -0.15) is 0 Å². The van der Waals surface area contributed by atoms with Crippen LogP contribution in [0.1, 0.15) is 40.2 Å². The van der Waals surface area contributed by atoms with Crippen LogP contribution in [0.3, 0.4) is 0 Å². The topological polar surface area (TPSA) is 38.3 Å². The monoisotopic (exact) mass is 249 g/mol. The van der Waals surface area contributed by atoms with Crippen molar-refractivity contribution in [2.75, 3.05) is 6.61 Å². The van der Waals surface area contributed by atoms with E-state index in [9.17, 15) is 4.79 Å². The standard InChI is InChI=1S/C15H23NO2/c1-11(2)16-14(17)10-18-13-9-7-6-8-12(13)15(3,4)5/h6-9,11H,10H2,1-5H3,(H,16,17). The van der Waals surface area contributed by atoms with E-state index in [1.165, 1.54) is 0 Å². The molecule has 1 N–H and O–H groups in total. The minimum absolute atomic E-state index is 0.00508. The SMILES string of the molecule is CC(C)NC(=O)COc1ccccc1C(C)(C)C. The van der Waals surface area contributed by atoms with Crippen LogP contribution in [0, 0.1) is 0 Å². The summed E-state index contributed by atoms with van der Waals surface area (Å²) in [6, 6.07) is 7.99. The molecule has 18 heavy (non-hydrogen) atoms. The van der Waals surface area contributed by atoms with E-state index in [0.717, 1.165) is 11.3 Å². The Labute approximate surface area is 110 Å². The lowest BCUT2D eigenvalue weighted by molar-refractivity contribution is -0.123. The molecule has 1 amide bonds. The molecule has 0 saturated carbocycles. The van der Waals surface area contributed by atoms with Crippen molar-refractivity contribution in [2.24, 2.45) is 0 Å². The van der Waals surface area contributed by atoms with Crippen LogP contribution in [0.25, 0.3) is 0 Å². The normalized spacial score (nSPS) is 11.4. The second-order valence-electron chi connectivity index (χ2n) is 5.76. The summed E-state index contributed by atoms with van der Waals surface area (Å²) in [6.45, 7) is 10.3. The molecule has 0 aliphatic rings. The molecule has 0 aromatic heterocycles. The summed E-state index contributed by atoms with van der Waals surface area (Å²) in [7, 11) is 0. The summed E-state index contributed by atoms with van der Waals surface area (Å²) in [6.07, 6.45) is 0. The number of carbonyl (C=O) groups is 1. The first-order valence-corrected chi connectivity index (χ1v) is 6.32. The van der Waals surface area contributed by atoms with Gasteiger partial charge in [-0.05, 0) is 30.9 Å². The second kappa shape index (κ2) is 5.89. The predicted octanol–water partition coefficient (Wildman–Crippen LogP) is 2.89. The Morgan fingerprint density at radius 2 is 1.89 bits per heavy atom. The highest BCUT2D eigenvalue weighted by atomic mass is 16.5. The molecular weight excluding hydrogens is 226 g/mol. The van der Waals surface area contributed by atoms with Crippen molar-refractivity contribution in [3.8, 4) is 5.75 Å². The number of hydrogen-bond acceptors (Lipinski definition) is 2. The average Bonchev–Trinajstić information content (AvgIpc) is 2.24. The largest absolute Gasteiger partial charge is 0.483 e. The van der Waals surface area contributed by atoms with Crippen LogP contribution in [0.15, 0.2) is 24.3 Å². The Balaban J connectivity index is 2.71. The van der Waals surface area contributed by atoms with Gasteiger partial charge in [0, 0.05) is 6.04 Å². The summed E-state index contributed by atoms with van der Waals surface area (Å²) < 4.78 is 5.61. The molecule has 0 aliphatic heterocycles. The molecule has 1 aromatic rings. The van der Waals surface area contributed by atoms with Crippen molar-refractivity contribution in [1.29, 1.82) is 0 Å². The maximum Gasteiger partial charge on any atom is 0.258 e. The quantitative estimate of drug-likeness (QED) is 0.891. The molecule has 3 nitrogen and oxygen atoms in total. The molecule has 0 bridgehead atoms. The minimum Gasteiger partial charge on any atom is -0.483 e. The molecule has 100 valence electrons. The molecule has 1 rings (SSSR count). The van der Waals surface area contributed by atoms with Gasteiger partial charge in [0.25, 0.3) is 5.91 Å². The van der Waals surface area contributed by atoms with Gasteiger partial charge in [-0.3, -0.25) is 4.79 Å². The number of rotatable bonds is 4. The molecule has 0 fully saturated rings. The number of nitrogens with one attached hydrogen (secondary N) is 1. The van der Waals surface area contributed by atoms with Gasteiger partial charge in [0.15, 0.2) is 6.61 Å². The Morgan fingerprint density at radius 1 is 1.28 bits per heavy atom. The van der Waals surface area contributed by atoms with Gasteiger partial charge in [-0.1, -0.05) is 39.0 Å². The van der Waals surface area contributed by atoms with E-state index < -0.39 is 0 Å². The number of ether oxygens (including phenoxy) is 1. The fraction of sp³-hybridized carbons (Fsp3) is 0.533. The predicted molar refractivity (Wildman–Crippen MR) is 73.9 cm³/mol. The summed E-state index contributed by atoms with van der Waals surface area (Å²) in [5.41, 5.74) is 1.12. The molecule has 0 aliphatic carbocycles. The molecule has 0 radical (unpaired) electrons. The average molecular weight is 249 g/mol. The molecule has 1 aromatic carbocycles. The van der Waals surface area contributed by atoms with E-state index in [1.54, 1.807) is 0 Å². The Kier molecular flexibility index (Phi) is 4.76. The van der Waals surface area contributed by atoms with Gasteiger partial charge >= 0.3 is 0 Å². The minimum atomic E-state index is -0.0892. The van der Waals surface area contributed by atoms with Gasteiger partial charge in [0.2, 0.25) is 0 Å². The van der Waals surface area contributed by atoms with E-state index in [2.05, 4.69) is 26.1 Å². The lowest BCUT2D eigenvalue weighted by Crippen LogP contribution is -2.34. The summed E-state index contributed by atoms with van der Waals surface area (Å²) in [5, 5.41) is 2.81. The smallest absolute Gasteiger partial charge is 0.258 e. The van der Waals surface area contributed by atoms with Crippen molar-refractivity contribution < 1.29 is 9.53 Å². The zero-order chi connectivity index (χ0) is 13.8. The lowest BCUT2D eigenvalue weighted by Gasteiger charge is -2.22. The van der Waals surface area contributed by atoms with Crippen LogP contribution < -0.4 is 10.1 Å². The highest BCUT2D eigenvalue weighted by Gasteiger charge is 2.18. The van der Waals surface area contributed by atoms with E-state index in [4.69, 9.17) is 4.74 Å². The highest BCUT2D eigenvalue weighted by Crippen LogP contribution is 2.30. The first-order chi connectivity index (χ1) is 8.30. The lowest BCUT2D eigenvalue weighted by atomic mass is 9.86. The Morgan fingerprint density at radius 3 is 2.44 bits per heavy atom.